The molecule has 2 heterocycles. The van der Waals surface area contributed by atoms with Crippen LogP contribution in [-0.2, 0) is 19.6 Å². The highest BCUT2D eigenvalue weighted by atomic mass is 32.2. The van der Waals surface area contributed by atoms with Crippen molar-refractivity contribution in [1.29, 1.82) is 0 Å². The second kappa shape index (κ2) is 9.15. The molecule has 2 N–H and O–H groups in total. The lowest BCUT2D eigenvalue weighted by atomic mass is 10.2. The lowest BCUT2D eigenvalue weighted by Gasteiger charge is -2.19. The number of nitrogens with zero attached hydrogens (tertiary/aromatic N) is 3. The number of aromatic nitrogens is 1. The van der Waals surface area contributed by atoms with Crippen molar-refractivity contribution in [2.75, 3.05) is 5.32 Å². The molecule has 0 atom stereocenters. The maximum atomic E-state index is 13.1. The molecule has 0 unspecified atom stereocenters. The smallest absolute Gasteiger partial charge is 0.293 e. The Hall–Kier alpha value is -4.15. The molecule has 0 saturated heterocycles. The number of benzene rings is 2. The summed E-state index contributed by atoms with van der Waals surface area (Å²) < 4.78 is 26.1. The summed E-state index contributed by atoms with van der Waals surface area (Å²) in [6.07, 6.45) is 3.07. The number of hydrazine groups is 1. The Morgan fingerprint density at radius 3 is 2.30 bits per heavy atom. The summed E-state index contributed by atoms with van der Waals surface area (Å²) in [5.74, 6) is -0.776. The van der Waals surface area contributed by atoms with Gasteiger partial charge in [0, 0.05) is 24.4 Å². The molecule has 1 aliphatic rings. The molecular formula is C23H19N5O4S. The summed E-state index contributed by atoms with van der Waals surface area (Å²) in [4.78, 5) is 35.1. The van der Waals surface area contributed by atoms with Crippen molar-refractivity contribution in [3.8, 4) is 0 Å². The Kier molecular flexibility index (Phi) is 6.11. The number of carbonyl (C=O) groups excluding carboxylic acids is 2. The van der Waals surface area contributed by atoms with Crippen molar-refractivity contribution in [3.05, 3.63) is 95.9 Å². The number of hydrogen-bond acceptors (Lipinski definition) is 6. The summed E-state index contributed by atoms with van der Waals surface area (Å²) in [5, 5.41) is 3.47. The van der Waals surface area contributed by atoms with Gasteiger partial charge in [-0.3, -0.25) is 14.6 Å². The van der Waals surface area contributed by atoms with Gasteiger partial charge in [-0.1, -0.05) is 36.4 Å². The quantitative estimate of drug-likeness (QED) is 0.547. The van der Waals surface area contributed by atoms with E-state index in [0.717, 1.165) is 5.01 Å². The number of amidine groups is 1. The first-order chi connectivity index (χ1) is 15.8. The van der Waals surface area contributed by atoms with Gasteiger partial charge in [-0.2, -0.15) is 0 Å². The van der Waals surface area contributed by atoms with Gasteiger partial charge in [-0.15, -0.1) is 4.83 Å². The lowest BCUT2D eigenvalue weighted by molar-refractivity contribution is -0.123. The molecule has 2 amide bonds. The molecule has 2 aromatic carbocycles. The van der Waals surface area contributed by atoms with Gasteiger partial charge in [0.1, 0.15) is 5.70 Å². The van der Waals surface area contributed by atoms with Crippen molar-refractivity contribution in [2.45, 2.75) is 11.8 Å². The topological polar surface area (TPSA) is 121 Å². The molecule has 0 bridgehead atoms. The molecule has 9 nitrogen and oxygen atoms in total. The van der Waals surface area contributed by atoms with Crippen LogP contribution in [0, 0.1) is 0 Å². The standard InChI is InChI=1S/C23H19N5O4S/c1-16(29)25-18-10-12-20(13-11-18)33(31,32)27-28-22(17-7-3-2-4-8-17)26-21(23(28)30)15-19-9-5-6-14-24-19/h2-15,27H,1H3,(H,25,29)/b21-15-. The van der Waals surface area contributed by atoms with Crippen molar-refractivity contribution in [3.63, 3.8) is 0 Å². The maximum absolute atomic E-state index is 13.1. The van der Waals surface area contributed by atoms with Crippen molar-refractivity contribution in [1.82, 2.24) is 14.8 Å². The molecule has 166 valence electrons. The third-order valence-electron chi connectivity index (χ3n) is 4.56. The zero-order valence-electron chi connectivity index (χ0n) is 17.5. The van der Waals surface area contributed by atoms with Crippen LogP contribution in [0.5, 0.6) is 0 Å². The number of pyridine rings is 1. The summed E-state index contributed by atoms with van der Waals surface area (Å²) in [7, 11) is -4.14. The van der Waals surface area contributed by atoms with Crippen LogP contribution in [0.1, 0.15) is 18.2 Å². The number of hydrogen-bond donors (Lipinski definition) is 2. The normalized spacial score (nSPS) is 14.9. The minimum Gasteiger partial charge on any atom is -0.326 e. The molecule has 0 spiro atoms. The molecule has 0 saturated carbocycles. The summed E-state index contributed by atoms with van der Waals surface area (Å²) in [6, 6.07) is 19.6. The molecule has 0 radical (unpaired) electrons. The van der Waals surface area contributed by atoms with Gasteiger partial charge in [0.15, 0.2) is 5.84 Å². The zero-order valence-corrected chi connectivity index (χ0v) is 18.3. The fourth-order valence-electron chi connectivity index (χ4n) is 3.08. The Morgan fingerprint density at radius 1 is 0.970 bits per heavy atom. The Bertz CT molecular complexity index is 1350. The summed E-state index contributed by atoms with van der Waals surface area (Å²) >= 11 is 0. The highest BCUT2D eigenvalue weighted by Crippen LogP contribution is 2.22. The van der Waals surface area contributed by atoms with Crippen LogP contribution in [0.15, 0.2) is 94.6 Å². The number of sulfonamides is 1. The Morgan fingerprint density at radius 2 is 1.67 bits per heavy atom. The van der Waals surface area contributed by atoms with E-state index in [1.54, 1.807) is 54.7 Å². The predicted molar refractivity (Wildman–Crippen MR) is 123 cm³/mol. The molecule has 10 heteroatoms. The monoisotopic (exact) mass is 461 g/mol. The fourth-order valence-corrected chi connectivity index (χ4v) is 4.09. The van der Waals surface area contributed by atoms with Crippen LogP contribution in [0.25, 0.3) is 6.08 Å². The van der Waals surface area contributed by atoms with Gasteiger partial charge in [-0.05, 0) is 42.5 Å². The Labute approximate surface area is 190 Å². The van der Waals surface area contributed by atoms with Crippen LogP contribution in [0.4, 0.5) is 5.69 Å². The third-order valence-corrected chi connectivity index (χ3v) is 5.88. The minimum atomic E-state index is -4.14. The maximum Gasteiger partial charge on any atom is 0.293 e. The van der Waals surface area contributed by atoms with Crippen molar-refractivity contribution >= 4 is 39.4 Å². The first kappa shape index (κ1) is 22.1. The van der Waals surface area contributed by atoms with E-state index in [1.807, 2.05) is 0 Å². The van der Waals surface area contributed by atoms with E-state index in [4.69, 9.17) is 0 Å². The van der Waals surface area contributed by atoms with Crippen LogP contribution in [0.3, 0.4) is 0 Å². The third kappa shape index (κ3) is 5.03. The number of anilines is 1. The van der Waals surface area contributed by atoms with E-state index in [9.17, 15) is 18.0 Å². The largest absolute Gasteiger partial charge is 0.326 e. The molecule has 0 fully saturated rings. The predicted octanol–water partition coefficient (Wildman–Crippen LogP) is 2.56. The lowest BCUT2D eigenvalue weighted by Crippen LogP contribution is -2.47. The molecule has 3 aromatic rings. The van der Waals surface area contributed by atoms with Gasteiger partial charge in [-0.25, -0.2) is 18.4 Å². The van der Waals surface area contributed by atoms with Gasteiger partial charge in [0.2, 0.25) is 5.91 Å². The Balaban J connectivity index is 1.67. The molecule has 1 aromatic heterocycles. The van der Waals surface area contributed by atoms with Crippen LogP contribution in [0.2, 0.25) is 0 Å². The molecule has 0 aliphatic carbocycles. The van der Waals surface area contributed by atoms with Gasteiger partial charge in [0.05, 0.1) is 10.6 Å². The number of aliphatic imine (C=N–C) groups is 1. The van der Waals surface area contributed by atoms with Gasteiger partial charge in [0.25, 0.3) is 15.9 Å². The second-order valence-corrected chi connectivity index (χ2v) is 8.69. The highest BCUT2D eigenvalue weighted by Gasteiger charge is 2.35. The minimum absolute atomic E-state index is 0.0382. The number of amides is 2. The van der Waals surface area contributed by atoms with Crippen molar-refractivity contribution in [2.24, 2.45) is 4.99 Å². The molecule has 4 rings (SSSR count). The zero-order chi connectivity index (χ0) is 23.4. The number of carbonyl (C=O) groups is 2. The molecule has 33 heavy (non-hydrogen) atoms. The van der Waals surface area contributed by atoms with E-state index in [-0.39, 0.29) is 22.3 Å². The van der Waals surface area contributed by atoms with Crippen LogP contribution >= 0.6 is 0 Å². The average Bonchev–Trinajstić information content (AvgIpc) is 3.10. The van der Waals surface area contributed by atoms with E-state index >= 15 is 0 Å². The number of rotatable bonds is 6. The summed E-state index contributed by atoms with van der Waals surface area (Å²) in [5.41, 5.74) is 1.55. The highest BCUT2D eigenvalue weighted by molar-refractivity contribution is 7.89. The van der Waals surface area contributed by atoms with E-state index in [2.05, 4.69) is 20.1 Å². The molecule has 1 aliphatic heterocycles. The summed E-state index contributed by atoms with van der Waals surface area (Å²) in [6.45, 7) is 1.35. The SMILES string of the molecule is CC(=O)Nc1ccc(S(=O)(=O)NN2C(=O)/C(=C/c3ccccn3)N=C2c2ccccc2)cc1. The number of nitrogens with one attached hydrogen (secondary N) is 2. The first-order valence-electron chi connectivity index (χ1n) is 9.85. The second-order valence-electron chi connectivity index (χ2n) is 7.03. The van der Waals surface area contributed by atoms with Crippen LogP contribution < -0.4 is 10.1 Å². The first-order valence-corrected chi connectivity index (χ1v) is 11.3. The average molecular weight is 462 g/mol. The van der Waals surface area contributed by atoms with E-state index < -0.39 is 15.9 Å². The van der Waals surface area contributed by atoms with Crippen molar-refractivity contribution < 1.29 is 18.0 Å². The van der Waals surface area contributed by atoms with E-state index in [0.29, 0.717) is 16.9 Å². The van der Waals surface area contributed by atoms with E-state index in [1.165, 1.54) is 37.3 Å². The van der Waals surface area contributed by atoms with Gasteiger partial charge >= 0.3 is 0 Å². The fraction of sp³-hybridized carbons (Fsp3) is 0.0435. The molecular weight excluding hydrogens is 442 g/mol. The van der Waals surface area contributed by atoms with Gasteiger partial charge < -0.3 is 5.32 Å². The van der Waals surface area contributed by atoms with Crippen LogP contribution in [-0.4, -0.2) is 36.1 Å².